The van der Waals surface area contributed by atoms with E-state index in [9.17, 15) is 9.90 Å². The zero-order valence-corrected chi connectivity index (χ0v) is 9.41. The Morgan fingerprint density at radius 3 is 2.36 bits per heavy atom. The first-order chi connectivity index (χ1) is 6.41. The maximum Gasteiger partial charge on any atom is 0.407 e. The molecule has 84 valence electrons. The monoisotopic (exact) mass is 203 g/mol. The second-order valence-corrected chi connectivity index (χ2v) is 4.12. The van der Waals surface area contributed by atoms with Gasteiger partial charge in [-0.3, -0.25) is 0 Å². The number of rotatable bonds is 5. The Hall–Kier alpha value is -0.770. The van der Waals surface area contributed by atoms with Crippen LogP contribution in [0.15, 0.2) is 0 Å². The minimum absolute atomic E-state index is 0.128. The summed E-state index contributed by atoms with van der Waals surface area (Å²) in [5.74, 6) is 0.424. The maximum absolute atomic E-state index is 11.0. The van der Waals surface area contributed by atoms with Gasteiger partial charge in [-0.15, -0.1) is 0 Å². The molecule has 0 fully saturated rings. The molecule has 0 rings (SSSR count). The maximum atomic E-state index is 11.0. The highest BCUT2D eigenvalue weighted by molar-refractivity contribution is 5.67. The molecule has 0 aliphatic heterocycles. The van der Waals surface area contributed by atoms with Crippen molar-refractivity contribution in [3.05, 3.63) is 0 Å². The molecule has 1 unspecified atom stereocenters. The summed E-state index contributed by atoms with van der Waals surface area (Å²) in [5, 5.41) is 11.9. The van der Waals surface area contributed by atoms with Gasteiger partial charge >= 0.3 is 6.09 Å². The highest BCUT2D eigenvalue weighted by Gasteiger charge is 2.10. The summed E-state index contributed by atoms with van der Waals surface area (Å²) in [6.45, 7) is 7.86. The first-order valence-electron chi connectivity index (χ1n) is 5.04. The Morgan fingerprint density at radius 1 is 1.36 bits per heavy atom. The van der Waals surface area contributed by atoms with E-state index in [1.807, 2.05) is 13.8 Å². The van der Waals surface area contributed by atoms with Crippen molar-refractivity contribution in [1.29, 1.82) is 0 Å². The fraction of sp³-hybridized carbons (Fsp3) is 0.900. The van der Waals surface area contributed by atoms with E-state index < -0.39 is 12.2 Å². The third kappa shape index (κ3) is 7.86. The highest BCUT2D eigenvalue weighted by Crippen LogP contribution is 2.03. The molecule has 0 bridgehead atoms. The largest absolute Gasteiger partial charge is 0.447 e. The van der Waals surface area contributed by atoms with E-state index in [2.05, 4.69) is 5.32 Å². The van der Waals surface area contributed by atoms with E-state index in [-0.39, 0.29) is 12.6 Å². The normalized spacial score (nSPS) is 13.1. The van der Waals surface area contributed by atoms with Gasteiger partial charge in [0.25, 0.3) is 0 Å². The zero-order valence-electron chi connectivity index (χ0n) is 9.41. The number of hydrogen-bond acceptors (Lipinski definition) is 3. The van der Waals surface area contributed by atoms with Gasteiger partial charge < -0.3 is 15.2 Å². The minimum atomic E-state index is -0.491. The van der Waals surface area contributed by atoms with Crippen LogP contribution in [0.1, 0.15) is 34.1 Å². The molecule has 0 aliphatic rings. The molecule has 0 heterocycles. The van der Waals surface area contributed by atoms with Crippen LogP contribution >= 0.6 is 0 Å². The molecule has 1 atom stereocenters. The number of aliphatic hydroxyl groups is 1. The van der Waals surface area contributed by atoms with Crippen molar-refractivity contribution in [3.8, 4) is 0 Å². The highest BCUT2D eigenvalue weighted by atomic mass is 16.6. The molecule has 1 amide bonds. The Labute approximate surface area is 85.6 Å². The van der Waals surface area contributed by atoms with Gasteiger partial charge in [0.15, 0.2) is 0 Å². The number of hydrogen-bond donors (Lipinski definition) is 2. The van der Waals surface area contributed by atoms with Crippen LogP contribution in [-0.4, -0.2) is 30.0 Å². The number of carbonyl (C=O) groups excluding carboxylic acids is 1. The molecule has 4 nitrogen and oxygen atoms in total. The van der Waals surface area contributed by atoms with Gasteiger partial charge in [0.2, 0.25) is 0 Å². The van der Waals surface area contributed by atoms with Gasteiger partial charge in [0, 0.05) is 6.54 Å². The molecule has 0 spiro atoms. The SMILES string of the molecule is CC(C)CC(O)CNC(=O)OC(C)C. The quantitative estimate of drug-likeness (QED) is 0.712. The lowest BCUT2D eigenvalue weighted by molar-refractivity contribution is 0.102. The van der Waals surface area contributed by atoms with Crippen LogP contribution in [0, 0.1) is 5.92 Å². The second kappa shape index (κ2) is 6.65. The summed E-state index contributed by atoms with van der Waals surface area (Å²) >= 11 is 0. The molecule has 0 radical (unpaired) electrons. The Kier molecular flexibility index (Phi) is 6.28. The minimum Gasteiger partial charge on any atom is -0.447 e. The molecular weight excluding hydrogens is 182 g/mol. The van der Waals surface area contributed by atoms with Crippen molar-refractivity contribution in [2.75, 3.05) is 6.54 Å². The summed E-state index contributed by atoms with van der Waals surface area (Å²) in [5.41, 5.74) is 0. The van der Waals surface area contributed by atoms with Crippen molar-refractivity contribution in [3.63, 3.8) is 0 Å². The van der Waals surface area contributed by atoms with Gasteiger partial charge in [-0.2, -0.15) is 0 Å². The summed E-state index contributed by atoms with van der Waals surface area (Å²) in [4.78, 5) is 11.0. The predicted octanol–water partition coefficient (Wildman–Crippen LogP) is 1.53. The van der Waals surface area contributed by atoms with Gasteiger partial charge in [0.05, 0.1) is 12.2 Å². The van der Waals surface area contributed by atoms with Crippen LogP contribution in [-0.2, 0) is 4.74 Å². The van der Waals surface area contributed by atoms with E-state index in [1.54, 1.807) is 13.8 Å². The predicted molar refractivity (Wildman–Crippen MR) is 55.1 cm³/mol. The lowest BCUT2D eigenvalue weighted by Crippen LogP contribution is -2.34. The third-order valence-electron chi connectivity index (χ3n) is 1.57. The molecule has 0 aromatic carbocycles. The Morgan fingerprint density at radius 2 is 1.93 bits per heavy atom. The number of amides is 1. The fourth-order valence-electron chi connectivity index (χ4n) is 1.08. The average molecular weight is 203 g/mol. The second-order valence-electron chi connectivity index (χ2n) is 4.12. The molecule has 0 saturated heterocycles. The molecule has 0 aliphatic carbocycles. The molecule has 2 N–H and O–H groups in total. The Bertz CT molecular complexity index is 169. The smallest absolute Gasteiger partial charge is 0.407 e. The number of carbonyl (C=O) groups is 1. The number of aliphatic hydroxyl groups excluding tert-OH is 1. The summed E-state index contributed by atoms with van der Waals surface area (Å²) in [6.07, 6.45) is -0.406. The first-order valence-corrected chi connectivity index (χ1v) is 5.04. The van der Waals surface area contributed by atoms with Crippen molar-refractivity contribution >= 4 is 6.09 Å². The topological polar surface area (TPSA) is 58.6 Å². The van der Waals surface area contributed by atoms with E-state index >= 15 is 0 Å². The van der Waals surface area contributed by atoms with Crippen LogP contribution in [0.5, 0.6) is 0 Å². The van der Waals surface area contributed by atoms with E-state index in [0.717, 1.165) is 0 Å². The van der Waals surface area contributed by atoms with Crippen molar-refractivity contribution in [2.24, 2.45) is 5.92 Å². The lowest BCUT2D eigenvalue weighted by atomic mass is 10.1. The van der Waals surface area contributed by atoms with Gasteiger partial charge in [0.1, 0.15) is 0 Å². The van der Waals surface area contributed by atoms with E-state index in [0.29, 0.717) is 12.3 Å². The Balaban J connectivity index is 3.56. The molecule has 0 saturated carbocycles. The molecular formula is C10H21NO3. The fourth-order valence-corrected chi connectivity index (χ4v) is 1.08. The summed E-state index contributed by atoms with van der Waals surface area (Å²) in [7, 11) is 0. The van der Waals surface area contributed by atoms with E-state index in [1.165, 1.54) is 0 Å². The van der Waals surface area contributed by atoms with E-state index in [4.69, 9.17) is 4.74 Å². The summed E-state index contributed by atoms with van der Waals surface area (Å²) in [6, 6.07) is 0. The zero-order chi connectivity index (χ0) is 11.1. The van der Waals surface area contributed by atoms with Gasteiger partial charge in [-0.1, -0.05) is 13.8 Å². The van der Waals surface area contributed by atoms with Crippen LogP contribution in [0.3, 0.4) is 0 Å². The van der Waals surface area contributed by atoms with Crippen LogP contribution in [0.4, 0.5) is 4.79 Å². The molecule has 4 heteroatoms. The van der Waals surface area contributed by atoms with Crippen molar-refractivity contribution in [1.82, 2.24) is 5.32 Å². The van der Waals surface area contributed by atoms with Crippen LogP contribution in [0.25, 0.3) is 0 Å². The third-order valence-corrected chi connectivity index (χ3v) is 1.57. The summed E-state index contributed by atoms with van der Waals surface area (Å²) < 4.78 is 4.84. The number of nitrogens with one attached hydrogen (secondary N) is 1. The van der Waals surface area contributed by atoms with Gasteiger partial charge in [-0.25, -0.2) is 4.79 Å². The molecule has 0 aromatic rings. The average Bonchev–Trinajstić information content (AvgIpc) is 1.98. The molecule has 0 aromatic heterocycles. The van der Waals surface area contributed by atoms with Crippen molar-refractivity contribution in [2.45, 2.75) is 46.3 Å². The van der Waals surface area contributed by atoms with Crippen LogP contribution < -0.4 is 5.32 Å². The number of alkyl carbamates (subject to hydrolysis) is 1. The number of ether oxygens (including phenoxy) is 1. The lowest BCUT2D eigenvalue weighted by Gasteiger charge is -2.14. The molecule has 14 heavy (non-hydrogen) atoms. The van der Waals surface area contributed by atoms with Crippen molar-refractivity contribution < 1.29 is 14.6 Å². The van der Waals surface area contributed by atoms with Gasteiger partial charge in [-0.05, 0) is 26.2 Å². The standard InChI is InChI=1S/C10H21NO3/c1-7(2)5-9(12)6-11-10(13)14-8(3)4/h7-9,12H,5-6H2,1-4H3,(H,11,13). The van der Waals surface area contributed by atoms with Crippen LogP contribution in [0.2, 0.25) is 0 Å². The first kappa shape index (κ1) is 13.2.